The second-order valence-electron chi connectivity index (χ2n) is 12.5. The van der Waals surface area contributed by atoms with Gasteiger partial charge in [0.05, 0.1) is 34.7 Å². The van der Waals surface area contributed by atoms with E-state index in [1.54, 1.807) is 5.38 Å². The molecule has 4 atom stereocenters. The lowest BCUT2D eigenvalue weighted by molar-refractivity contribution is -0.380. The Morgan fingerprint density at radius 2 is 1.72 bits per heavy atom. The van der Waals surface area contributed by atoms with E-state index in [0.29, 0.717) is 17.5 Å². The van der Waals surface area contributed by atoms with Gasteiger partial charge in [0.25, 0.3) is 0 Å². The molecule has 0 unspecified atom stereocenters. The Morgan fingerprint density at radius 3 is 2.30 bits per heavy atom. The topological polar surface area (TPSA) is 204 Å². The molecule has 0 aliphatic carbocycles. The summed E-state index contributed by atoms with van der Waals surface area (Å²) in [5, 5.41) is 44.6. The van der Waals surface area contributed by atoms with Crippen LogP contribution in [0.15, 0.2) is 76.1 Å². The first-order valence-corrected chi connectivity index (χ1v) is 18.6. The zero-order valence-electron chi connectivity index (χ0n) is 28.6. The van der Waals surface area contributed by atoms with Gasteiger partial charge in [-0.25, -0.2) is 8.42 Å². The average Bonchev–Trinajstić information content (AvgIpc) is 3.56. The van der Waals surface area contributed by atoms with E-state index in [0.717, 1.165) is 16.9 Å². The van der Waals surface area contributed by atoms with Crippen LogP contribution in [0.1, 0.15) is 50.8 Å². The normalized spacial score (nSPS) is 14.4. The number of carbonyl (C=O) groups is 2. The smallest absolute Gasteiger partial charge is 0.324 e. The van der Waals surface area contributed by atoms with Gasteiger partial charge in [-0.05, 0) is 47.1 Å². The highest BCUT2D eigenvalue weighted by Crippen LogP contribution is 2.23. The highest BCUT2D eigenvalue weighted by atomic mass is 32.2. The van der Waals surface area contributed by atoms with Crippen molar-refractivity contribution in [1.29, 1.82) is 0 Å². The van der Waals surface area contributed by atoms with Gasteiger partial charge in [0.15, 0.2) is 0 Å². The number of hydrogen-bond acceptors (Lipinski definition) is 11. The molecule has 16 heteroatoms. The van der Waals surface area contributed by atoms with E-state index in [1.165, 1.54) is 40.9 Å². The molecule has 0 bridgehead atoms. The summed E-state index contributed by atoms with van der Waals surface area (Å²) in [5.41, 5.74) is 1.96. The number of hydrogen-bond donors (Lipinski definition) is 5. The molecule has 272 valence electrons. The SMILES string of the molecule is CC[C@H](C)[C@H](NC(=O)CNCc1csc([N+](=O)[O-])c1)C(=O)N[C@@H](Cc1ccccc1)[C@H](O)CN(CC(C)C)S(=O)(=O)c1ccc(C=NO)cc1. The maximum absolute atomic E-state index is 13.8. The van der Waals surface area contributed by atoms with Gasteiger partial charge >= 0.3 is 5.00 Å². The van der Waals surface area contributed by atoms with Gasteiger partial charge < -0.3 is 26.3 Å². The molecule has 0 aliphatic heterocycles. The summed E-state index contributed by atoms with van der Waals surface area (Å²) in [6, 6.07) is 14.5. The van der Waals surface area contributed by atoms with Crippen LogP contribution < -0.4 is 16.0 Å². The lowest BCUT2D eigenvalue weighted by Gasteiger charge is -2.32. The standard InChI is InChI=1S/C34H46N6O8S2/c1-5-24(4)33(38-31(42)19-35-17-27-16-32(40(45)46)49-22-27)34(43)37-29(15-25-9-7-6-8-10-25)30(41)21-39(20-23(2)3)50(47,48)28-13-11-26(12-14-28)18-36-44/h6-14,16,18,22-24,29-30,33,35,41,44H,5,15,17,19-21H2,1-4H3,(H,37,43)(H,38,42)/t24-,29-,30+,33-/m0/s1. The number of carbonyl (C=O) groups excluding carboxylic acids is 2. The summed E-state index contributed by atoms with van der Waals surface area (Å²) in [7, 11) is -4.08. The van der Waals surface area contributed by atoms with Gasteiger partial charge in [-0.1, -0.05) is 93.1 Å². The van der Waals surface area contributed by atoms with Crippen LogP contribution in [0.5, 0.6) is 0 Å². The van der Waals surface area contributed by atoms with E-state index in [1.807, 2.05) is 58.0 Å². The van der Waals surface area contributed by atoms with Crippen molar-refractivity contribution >= 4 is 44.4 Å². The highest BCUT2D eigenvalue weighted by Gasteiger charge is 2.34. The first-order valence-electron chi connectivity index (χ1n) is 16.3. The molecule has 0 saturated carbocycles. The number of thiophene rings is 1. The number of aliphatic hydroxyl groups excluding tert-OH is 1. The number of nitro groups is 1. The molecule has 3 rings (SSSR count). The van der Waals surface area contributed by atoms with E-state index in [-0.39, 0.29) is 54.3 Å². The number of amides is 2. The van der Waals surface area contributed by atoms with Gasteiger partial charge in [0.1, 0.15) is 6.04 Å². The van der Waals surface area contributed by atoms with Crippen molar-refractivity contribution in [1.82, 2.24) is 20.3 Å². The Hall–Kier alpha value is -4.22. The molecule has 3 aromatic rings. The van der Waals surface area contributed by atoms with Crippen molar-refractivity contribution < 1.29 is 33.2 Å². The fourth-order valence-corrected chi connectivity index (χ4v) is 7.53. The Kier molecular flexibility index (Phi) is 15.5. The van der Waals surface area contributed by atoms with E-state index in [4.69, 9.17) is 5.21 Å². The van der Waals surface area contributed by atoms with Crippen LogP contribution in [0, 0.1) is 22.0 Å². The number of oxime groups is 1. The molecule has 14 nitrogen and oxygen atoms in total. The van der Waals surface area contributed by atoms with Crippen molar-refractivity contribution in [3.05, 3.63) is 92.8 Å². The largest absolute Gasteiger partial charge is 0.411 e. The van der Waals surface area contributed by atoms with Crippen molar-refractivity contribution in [3.8, 4) is 0 Å². The third-order valence-electron chi connectivity index (χ3n) is 8.02. The first kappa shape index (κ1) is 40.2. The van der Waals surface area contributed by atoms with E-state index < -0.39 is 44.9 Å². The highest BCUT2D eigenvalue weighted by molar-refractivity contribution is 7.89. The zero-order chi connectivity index (χ0) is 36.8. The maximum Gasteiger partial charge on any atom is 0.324 e. The average molecular weight is 731 g/mol. The van der Waals surface area contributed by atoms with Crippen molar-refractivity contribution in [2.75, 3.05) is 19.6 Å². The number of rotatable bonds is 20. The Morgan fingerprint density at radius 1 is 1.04 bits per heavy atom. The Balaban J connectivity index is 1.79. The molecule has 2 amide bonds. The van der Waals surface area contributed by atoms with Crippen LogP contribution in [0.2, 0.25) is 0 Å². The summed E-state index contributed by atoms with van der Waals surface area (Å²) in [5.74, 6) is -1.36. The minimum atomic E-state index is -4.08. The Bertz CT molecular complexity index is 1680. The molecular weight excluding hydrogens is 685 g/mol. The number of sulfonamides is 1. The van der Waals surface area contributed by atoms with Crippen molar-refractivity contribution in [2.24, 2.45) is 17.0 Å². The van der Waals surface area contributed by atoms with Gasteiger partial charge in [0.2, 0.25) is 21.8 Å². The van der Waals surface area contributed by atoms with Crippen LogP contribution in [0.25, 0.3) is 0 Å². The predicted molar refractivity (Wildman–Crippen MR) is 192 cm³/mol. The summed E-state index contributed by atoms with van der Waals surface area (Å²) in [4.78, 5) is 37.3. The van der Waals surface area contributed by atoms with Gasteiger partial charge in [-0.15, -0.1) is 0 Å². The number of benzene rings is 2. The lowest BCUT2D eigenvalue weighted by atomic mass is 9.96. The minimum absolute atomic E-state index is 0.000236. The molecule has 5 N–H and O–H groups in total. The molecule has 50 heavy (non-hydrogen) atoms. The van der Waals surface area contributed by atoms with Gasteiger partial charge in [0, 0.05) is 31.1 Å². The molecule has 1 aromatic heterocycles. The van der Waals surface area contributed by atoms with Crippen LogP contribution >= 0.6 is 11.3 Å². The second-order valence-corrected chi connectivity index (χ2v) is 15.3. The Labute approximate surface area is 296 Å². The van der Waals surface area contributed by atoms with Crippen molar-refractivity contribution in [2.45, 2.75) is 70.2 Å². The van der Waals surface area contributed by atoms with Crippen molar-refractivity contribution in [3.63, 3.8) is 0 Å². The second kappa shape index (κ2) is 19.2. The summed E-state index contributed by atoms with van der Waals surface area (Å²) < 4.78 is 28.8. The summed E-state index contributed by atoms with van der Waals surface area (Å²) in [6.45, 7) is 7.28. The maximum atomic E-state index is 13.8. The molecular formula is C34H46N6O8S2. The van der Waals surface area contributed by atoms with E-state index in [2.05, 4.69) is 21.1 Å². The first-order chi connectivity index (χ1) is 23.7. The number of nitrogens with one attached hydrogen (secondary N) is 3. The zero-order valence-corrected chi connectivity index (χ0v) is 30.2. The monoisotopic (exact) mass is 730 g/mol. The van der Waals surface area contributed by atoms with E-state index in [9.17, 15) is 33.2 Å². The molecule has 0 saturated heterocycles. The van der Waals surface area contributed by atoms with Crippen LogP contribution in [0.4, 0.5) is 5.00 Å². The third-order valence-corrected chi connectivity index (χ3v) is 10.8. The number of nitrogens with zero attached hydrogens (tertiary/aromatic N) is 3. The van der Waals surface area contributed by atoms with Gasteiger partial charge in [-0.3, -0.25) is 19.7 Å². The molecule has 0 spiro atoms. The molecule has 0 aliphatic rings. The number of aliphatic hydroxyl groups is 1. The summed E-state index contributed by atoms with van der Waals surface area (Å²) in [6.07, 6.45) is 0.585. The summed E-state index contributed by atoms with van der Waals surface area (Å²) >= 11 is 0.993. The van der Waals surface area contributed by atoms with Gasteiger partial charge in [-0.2, -0.15) is 4.31 Å². The van der Waals surface area contributed by atoms with Crippen LogP contribution in [0.3, 0.4) is 0 Å². The quantitative estimate of drug-likeness (QED) is 0.0499. The minimum Gasteiger partial charge on any atom is -0.411 e. The molecule has 1 heterocycles. The molecule has 0 radical (unpaired) electrons. The lowest BCUT2D eigenvalue weighted by Crippen LogP contribution is -2.57. The molecule has 0 fully saturated rings. The molecule has 2 aromatic carbocycles. The van der Waals surface area contributed by atoms with Crippen LogP contribution in [-0.2, 0) is 32.6 Å². The van der Waals surface area contributed by atoms with Crippen LogP contribution in [-0.4, -0.2) is 83.8 Å². The predicted octanol–water partition coefficient (Wildman–Crippen LogP) is 3.52. The third kappa shape index (κ3) is 12.0. The fraction of sp³-hybridized carbons (Fsp3) is 0.441. The fourth-order valence-electron chi connectivity index (χ4n) is 5.18. The van der Waals surface area contributed by atoms with E-state index >= 15 is 0 Å².